The van der Waals surface area contributed by atoms with Gasteiger partial charge in [0.15, 0.2) is 0 Å². The molecule has 1 aromatic heterocycles. The number of nitrogens with zero attached hydrogens (tertiary/aromatic N) is 1. The van der Waals surface area contributed by atoms with Crippen LogP contribution in [-0.2, 0) is 6.54 Å². The van der Waals surface area contributed by atoms with Crippen LogP contribution in [0, 0.1) is 0 Å². The highest BCUT2D eigenvalue weighted by atomic mass is 79.9. The lowest BCUT2D eigenvalue weighted by Crippen LogP contribution is -2.20. The summed E-state index contributed by atoms with van der Waals surface area (Å²) in [6, 6.07) is 9.75. The van der Waals surface area contributed by atoms with E-state index in [9.17, 15) is 0 Å². The molecular weight excluding hydrogens is 352 g/mol. The van der Waals surface area contributed by atoms with Crippen LogP contribution in [0.25, 0.3) is 11.3 Å². The molecule has 0 aliphatic heterocycles. The molecule has 0 aliphatic rings. The predicted molar refractivity (Wildman–Crippen MR) is 91.7 cm³/mol. The predicted octanol–water partition coefficient (Wildman–Crippen LogP) is 4.40. The van der Waals surface area contributed by atoms with E-state index in [1.54, 1.807) is 0 Å². The highest BCUT2D eigenvalue weighted by Gasteiger charge is 2.08. The number of hydrogen-bond acceptors (Lipinski definition) is 3. The highest BCUT2D eigenvalue weighted by Crippen LogP contribution is 2.31. The molecule has 5 heteroatoms. The van der Waals surface area contributed by atoms with Crippen molar-refractivity contribution in [3.8, 4) is 11.3 Å². The third kappa shape index (κ3) is 5.15. The Balaban J connectivity index is 1.89. The average molecular weight is 372 g/mol. The van der Waals surface area contributed by atoms with Gasteiger partial charge in [0.25, 0.3) is 0 Å². The molecule has 3 nitrogen and oxygen atoms in total. The molecule has 1 aromatic carbocycles. The molecule has 2 aromatic rings. The third-order valence-corrected chi connectivity index (χ3v) is 3.92. The van der Waals surface area contributed by atoms with E-state index in [-0.39, 0.29) is 0 Å². The molecule has 1 N–H and O–H groups in total. The fraction of sp³-hybridized carbons (Fsp3) is 0.375. The van der Waals surface area contributed by atoms with E-state index in [4.69, 9.17) is 16.0 Å². The minimum absolute atomic E-state index is 0.684. The Labute approximate surface area is 139 Å². The molecule has 114 valence electrons. The molecule has 1 heterocycles. The van der Waals surface area contributed by atoms with Crippen LogP contribution in [0.5, 0.6) is 0 Å². The Bertz CT molecular complexity index is 583. The van der Waals surface area contributed by atoms with Crippen LogP contribution in [0.3, 0.4) is 0 Å². The maximum absolute atomic E-state index is 6.24. The zero-order valence-corrected chi connectivity index (χ0v) is 14.7. The van der Waals surface area contributed by atoms with Gasteiger partial charge in [0, 0.05) is 10.0 Å². The third-order valence-electron chi connectivity index (χ3n) is 3.12. The zero-order chi connectivity index (χ0) is 15.2. The maximum Gasteiger partial charge on any atom is 0.135 e. The minimum Gasteiger partial charge on any atom is -0.460 e. The van der Waals surface area contributed by atoms with Crippen LogP contribution in [0.4, 0.5) is 0 Å². The van der Waals surface area contributed by atoms with Crippen molar-refractivity contribution in [2.24, 2.45) is 0 Å². The second kappa shape index (κ2) is 7.99. The van der Waals surface area contributed by atoms with E-state index in [0.29, 0.717) is 5.02 Å². The Morgan fingerprint density at radius 1 is 1.24 bits per heavy atom. The summed E-state index contributed by atoms with van der Waals surface area (Å²) >= 11 is 9.64. The van der Waals surface area contributed by atoms with E-state index in [2.05, 4.69) is 40.2 Å². The van der Waals surface area contributed by atoms with Gasteiger partial charge in [0.05, 0.1) is 11.6 Å². The van der Waals surface area contributed by atoms with Gasteiger partial charge in [-0.2, -0.15) is 0 Å². The smallest absolute Gasteiger partial charge is 0.135 e. The van der Waals surface area contributed by atoms with Crippen molar-refractivity contribution in [3.63, 3.8) is 0 Å². The van der Waals surface area contributed by atoms with Crippen molar-refractivity contribution in [1.29, 1.82) is 0 Å². The number of hydrogen-bond donors (Lipinski definition) is 1. The Morgan fingerprint density at radius 3 is 2.76 bits per heavy atom. The topological polar surface area (TPSA) is 28.4 Å². The van der Waals surface area contributed by atoms with Crippen LogP contribution >= 0.6 is 27.5 Å². The highest BCUT2D eigenvalue weighted by molar-refractivity contribution is 9.10. The lowest BCUT2D eigenvalue weighted by atomic mass is 10.2. The summed E-state index contributed by atoms with van der Waals surface area (Å²) < 4.78 is 6.81. The molecule has 0 saturated carbocycles. The summed E-state index contributed by atoms with van der Waals surface area (Å²) in [7, 11) is 4.17. The number of furan rings is 1. The van der Waals surface area contributed by atoms with Gasteiger partial charge in [-0.3, -0.25) is 0 Å². The molecule has 0 saturated heterocycles. The van der Waals surface area contributed by atoms with Crippen molar-refractivity contribution < 1.29 is 4.42 Å². The van der Waals surface area contributed by atoms with Crippen molar-refractivity contribution >= 4 is 27.5 Å². The van der Waals surface area contributed by atoms with Gasteiger partial charge in [-0.1, -0.05) is 27.5 Å². The number of halogens is 2. The fourth-order valence-electron chi connectivity index (χ4n) is 2.04. The standard InChI is InChI=1S/C16H20BrClN2O/c1-20(2)9-3-8-19-11-13-5-7-16(21-13)14-6-4-12(17)10-15(14)18/h4-7,10,19H,3,8-9,11H2,1-2H3. The van der Waals surface area contributed by atoms with Gasteiger partial charge >= 0.3 is 0 Å². The molecular formula is C16H20BrClN2O. The Morgan fingerprint density at radius 2 is 2.05 bits per heavy atom. The monoisotopic (exact) mass is 370 g/mol. The molecule has 0 bridgehead atoms. The van der Waals surface area contributed by atoms with Crippen molar-refractivity contribution in [2.45, 2.75) is 13.0 Å². The van der Waals surface area contributed by atoms with Crippen LogP contribution < -0.4 is 5.32 Å². The van der Waals surface area contributed by atoms with Gasteiger partial charge in [-0.25, -0.2) is 0 Å². The summed E-state index contributed by atoms with van der Waals surface area (Å²) in [5.74, 6) is 1.73. The lowest BCUT2D eigenvalue weighted by Gasteiger charge is -2.09. The molecule has 2 rings (SSSR count). The number of nitrogens with one attached hydrogen (secondary N) is 1. The molecule has 0 unspecified atom stereocenters. The fourth-order valence-corrected chi connectivity index (χ4v) is 2.81. The molecule has 0 amide bonds. The summed E-state index contributed by atoms with van der Waals surface area (Å²) in [6.07, 6.45) is 1.12. The molecule has 0 fully saturated rings. The first kappa shape index (κ1) is 16.6. The first-order valence-corrected chi connectivity index (χ1v) is 8.13. The van der Waals surface area contributed by atoms with Gasteiger partial charge in [0.2, 0.25) is 0 Å². The minimum atomic E-state index is 0.684. The zero-order valence-electron chi connectivity index (χ0n) is 12.3. The normalized spacial score (nSPS) is 11.3. The van der Waals surface area contributed by atoms with Gasteiger partial charge < -0.3 is 14.6 Å². The second-order valence-electron chi connectivity index (χ2n) is 5.22. The molecule has 0 spiro atoms. The van der Waals surface area contributed by atoms with Gasteiger partial charge in [0.1, 0.15) is 11.5 Å². The Kier molecular flexibility index (Phi) is 6.30. The van der Waals surface area contributed by atoms with Gasteiger partial charge in [-0.15, -0.1) is 0 Å². The van der Waals surface area contributed by atoms with E-state index >= 15 is 0 Å². The summed E-state index contributed by atoms with van der Waals surface area (Å²) in [5, 5.41) is 4.07. The van der Waals surface area contributed by atoms with E-state index in [1.807, 2.05) is 30.3 Å². The summed E-state index contributed by atoms with van der Waals surface area (Å²) in [4.78, 5) is 2.18. The number of benzene rings is 1. The van der Waals surface area contributed by atoms with E-state index < -0.39 is 0 Å². The largest absolute Gasteiger partial charge is 0.460 e. The van der Waals surface area contributed by atoms with Crippen LogP contribution in [0.1, 0.15) is 12.2 Å². The quantitative estimate of drug-likeness (QED) is 0.731. The van der Waals surface area contributed by atoms with E-state index in [1.165, 1.54) is 0 Å². The SMILES string of the molecule is CN(C)CCCNCc1ccc(-c2ccc(Br)cc2Cl)o1. The van der Waals surface area contributed by atoms with Crippen LogP contribution in [-0.4, -0.2) is 32.1 Å². The van der Waals surface area contributed by atoms with E-state index in [0.717, 1.165) is 47.6 Å². The van der Waals surface area contributed by atoms with Crippen LogP contribution in [0.15, 0.2) is 39.2 Å². The van der Waals surface area contributed by atoms with Crippen molar-refractivity contribution in [2.75, 3.05) is 27.2 Å². The first-order chi connectivity index (χ1) is 10.1. The maximum atomic E-state index is 6.24. The lowest BCUT2D eigenvalue weighted by molar-refractivity contribution is 0.391. The molecule has 0 aliphatic carbocycles. The summed E-state index contributed by atoms with van der Waals surface area (Å²) in [6.45, 7) is 2.81. The number of rotatable bonds is 7. The van der Waals surface area contributed by atoms with Crippen LogP contribution in [0.2, 0.25) is 5.02 Å². The Hall–Kier alpha value is -0.810. The van der Waals surface area contributed by atoms with Crippen molar-refractivity contribution in [3.05, 3.63) is 45.6 Å². The van der Waals surface area contributed by atoms with Gasteiger partial charge in [-0.05, 0) is 63.9 Å². The molecule has 21 heavy (non-hydrogen) atoms. The summed E-state index contributed by atoms with van der Waals surface area (Å²) in [5.41, 5.74) is 0.915. The first-order valence-electron chi connectivity index (χ1n) is 6.96. The molecule has 0 radical (unpaired) electrons. The average Bonchev–Trinajstić information content (AvgIpc) is 2.86. The van der Waals surface area contributed by atoms with Crippen molar-refractivity contribution in [1.82, 2.24) is 10.2 Å². The molecule has 0 atom stereocenters. The second-order valence-corrected chi connectivity index (χ2v) is 6.55.